The van der Waals surface area contributed by atoms with Gasteiger partial charge in [-0.05, 0) is 43.3 Å². The molecule has 39 heavy (non-hydrogen) atoms. The molecule has 2 rings (SSSR count). The Bertz CT molecular complexity index is 1000. The topological polar surface area (TPSA) is 178 Å². The number of aliphatic hydroxyl groups is 2. The number of rotatable bonds is 11. The predicted octanol–water partition coefficient (Wildman–Crippen LogP) is -0.493. The van der Waals surface area contributed by atoms with Gasteiger partial charge in [0.1, 0.15) is 0 Å². The molecule has 1 heterocycles. The SMILES string of the molecule is CC1CN(CC(O)O)CCN(CC(=O)O)CCN(CC(=O)O)C(Cc2ccc(N=C=S)cc2)CN1CC(=O)O. The monoisotopic (exact) mass is 567 g/mol. The van der Waals surface area contributed by atoms with Crippen molar-refractivity contribution in [3.05, 3.63) is 29.8 Å². The second kappa shape index (κ2) is 16.3. The van der Waals surface area contributed by atoms with Crippen LogP contribution in [0.15, 0.2) is 29.3 Å². The molecule has 1 aliphatic rings. The average Bonchev–Trinajstić information content (AvgIpc) is 2.83. The maximum Gasteiger partial charge on any atom is 0.317 e. The summed E-state index contributed by atoms with van der Waals surface area (Å²) in [5, 5.41) is 50.3. The highest BCUT2D eigenvalue weighted by Crippen LogP contribution is 2.18. The van der Waals surface area contributed by atoms with Gasteiger partial charge < -0.3 is 25.5 Å². The number of hydrogen-bond donors (Lipinski definition) is 5. The number of nitrogens with zero attached hydrogens (tertiary/aromatic N) is 5. The number of isothiocyanates is 1. The van der Waals surface area contributed by atoms with E-state index >= 15 is 0 Å². The molecule has 0 radical (unpaired) electrons. The van der Waals surface area contributed by atoms with E-state index in [1.807, 2.05) is 19.1 Å². The molecule has 2 atom stereocenters. The summed E-state index contributed by atoms with van der Waals surface area (Å²) in [6, 6.07) is 6.43. The van der Waals surface area contributed by atoms with Crippen molar-refractivity contribution in [3.63, 3.8) is 0 Å². The summed E-state index contributed by atoms with van der Waals surface area (Å²) in [5.41, 5.74) is 1.49. The lowest BCUT2D eigenvalue weighted by molar-refractivity contribution is -0.142. The summed E-state index contributed by atoms with van der Waals surface area (Å²) >= 11 is 4.65. The molecule has 14 heteroatoms. The fraction of sp³-hybridized carbons (Fsp3) is 0.600. The van der Waals surface area contributed by atoms with Crippen LogP contribution in [-0.4, -0.2) is 152 Å². The Labute approximate surface area is 232 Å². The molecule has 0 amide bonds. The number of carbonyl (C=O) groups is 3. The van der Waals surface area contributed by atoms with Crippen molar-refractivity contribution in [3.8, 4) is 0 Å². The Hall–Kier alpha value is -2.81. The summed E-state index contributed by atoms with van der Waals surface area (Å²) < 4.78 is 0. The zero-order chi connectivity index (χ0) is 28.9. The lowest BCUT2D eigenvalue weighted by Crippen LogP contribution is -2.56. The van der Waals surface area contributed by atoms with E-state index in [0.717, 1.165) is 5.56 Å². The average molecular weight is 568 g/mol. The van der Waals surface area contributed by atoms with Crippen LogP contribution in [0.1, 0.15) is 12.5 Å². The zero-order valence-electron chi connectivity index (χ0n) is 21.9. The van der Waals surface area contributed by atoms with Gasteiger partial charge in [-0.2, -0.15) is 4.99 Å². The second-order valence-corrected chi connectivity index (χ2v) is 9.86. The predicted molar refractivity (Wildman–Crippen MR) is 145 cm³/mol. The maximum atomic E-state index is 11.8. The summed E-state index contributed by atoms with van der Waals surface area (Å²) in [4.78, 5) is 46.0. The Morgan fingerprint density at radius 2 is 1.46 bits per heavy atom. The molecule has 13 nitrogen and oxygen atoms in total. The third-order valence-corrected chi connectivity index (χ3v) is 6.67. The normalized spacial score (nSPS) is 21.0. The summed E-state index contributed by atoms with van der Waals surface area (Å²) in [6.45, 7) is 2.48. The number of aliphatic imine (C=N–C) groups is 1. The fourth-order valence-corrected chi connectivity index (χ4v) is 4.85. The van der Waals surface area contributed by atoms with Gasteiger partial charge in [-0.1, -0.05) is 12.1 Å². The molecular weight excluding hydrogens is 530 g/mol. The minimum Gasteiger partial charge on any atom is -0.480 e. The Morgan fingerprint density at radius 3 is 2.03 bits per heavy atom. The van der Waals surface area contributed by atoms with Crippen LogP contribution in [0.2, 0.25) is 0 Å². The first-order valence-electron chi connectivity index (χ1n) is 12.6. The number of β-amino-alcohol motifs (C(OH)–C–C–N with tert-alkyl or cyclic N) is 2. The van der Waals surface area contributed by atoms with E-state index in [0.29, 0.717) is 25.2 Å². The first kappa shape index (κ1) is 32.4. The first-order valence-corrected chi connectivity index (χ1v) is 13.0. The lowest BCUT2D eigenvalue weighted by Gasteiger charge is -2.40. The van der Waals surface area contributed by atoms with Gasteiger partial charge in [-0.15, -0.1) is 0 Å². The van der Waals surface area contributed by atoms with Crippen LogP contribution in [0.5, 0.6) is 0 Å². The van der Waals surface area contributed by atoms with Gasteiger partial charge in [0.25, 0.3) is 0 Å². The highest BCUT2D eigenvalue weighted by molar-refractivity contribution is 7.78. The van der Waals surface area contributed by atoms with Crippen LogP contribution in [0.4, 0.5) is 5.69 Å². The molecule has 0 saturated carbocycles. The Morgan fingerprint density at radius 1 is 0.897 bits per heavy atom. The Balaban J connectivity index is 2.47. The van der Waals surface area contributed by atoms with Gasteiger partial charge in [-0.25, -0.2) is 0 Å². The molecule has 216 valence electrons. The van der Waals surface area contributed by atoms with Gasteiger partial charge in [0, 0.05) is 57.9 Å². The van der Waals surface area contributed by atoms with Crippen molar-refractivity contribution in [2.24, 2.45) is 4.99 Å². The third-order valence-electron chi connectivity index (χ3n) is 6.58. The largest absolute Gasteiger partial charge is 0.480 e. The van der Waals surface area contributed by atoms with Gasteiger partial charge in [0.2, 0.25) is 0 Å². The van der Waals surface area contributed by atoms with Crippen molar-refractivity contribution < 1.29 is 39.9 Å². The third kappa shape index (κ3) is 12.3. The van der Waals surface area contributed by atoms with Gasteiger partial charge >= 0.3 is 17.9 Å². The highest BCUT2D eigenvalue weighted by atomic mass is 32.1. The fourth-order valence-electron chi connectivity index (χ4n) is 4.74. The van der Waals surface area contributed by atoms with E-state index in [2.05, 4.69) is 22.4 Å². The summed E-state index contributed by atoms with van der Waals surface area (Å²) in [6.07, 6.45) is -1.22. The van der Waals surface area contributed by atoms with Crippen molar-refractivity contribution in [1.29, 1.82) is 0 Å². The number of hydrogen-bond acceptors (Lipinski definition) is 11. The number of thiocarbonyl (C=S) groups is 1. The smallest absolute Gasteiger partial charge is 0.317 e. The molecule has 1 fully saturated rings. The van der Waals surface area contributed by atoms with Crippen LogP contribution in [0.3, 0.4) is 0 Å². The van der Waals surface area contributed by atoms with E-state index in [1.54, 1.807) is 31.7 Å². The van der Waals surface area contributed by atoms with Crippen molar-refractivity contribution in [1.82, 2.24) is 19.6 Å². The lowest BCUT2D eigenvalue weighted by atomic mass is 10.0. The minimum atomic E-state index is -1.62. The van der Waals surface area contributed by atoms with Crippen LogP contribution in [0, 0.1) is 0 Å². The molecule has 1 aromatic rings. The summed E-state index contributed by atoms with van der Waals surface area (Å²) in [5.74, 6) is -3.12. The molecule has 5 N–H and O–H groups in total. The highest BCUT2D eigenvalue weighted by Gasteiger charge is 2.30. The van der Waals surface area contributed by atoms with Crippen molar-refractivity contribution >= 4 is 41.0 Å². The van der Waals surface area contributed by atoms with Crippen molar-refractivity contribution in [2.75, 3.05) is 65.4 Å². The molecule has 1 aromatic carbocycles. The van der Waals surface area contributed by atoms with Gasteiger partial charge in [0.15, 0.2) is 6.29 Å². The molecule has 0 spiro atoms. The standard InChI is InChI=1S/C25H37N5O8S/c1-18-11-28(14-23(33)34)7-6-27(13-22(31)32)8-9-29(15-24(35)36)21(12-30(18)16-25(37)38)10-19-2-4-20(5-3-19)26-17-39/h2-5,18,21,23,33-34H,6-16H2,1H3,(H,31,32)(H,35,36)(H,37,38). The number of carboxylic acid groups (broad SMARTS) is 3. The van der Waals surface area contributed by atoms with E-state index in [1.165, 1.54) is 0 Å². The molecule has 0 aliphatic carbocycles. The van der Waals surface area contributed by atoms with Crippen LogP contribution < -0.4 is 0 Å². The first-order chi connectivity index (χ1) is 18.5. The number of benzene rings is 1. The van der Waals surface area contributed by atoms with Crippen molar-refractivity contribution in [2.45, 2.75) is 31.7 Å². The number of aliphatic carboxylic acids is 3. The maximum absolute atomic E-state index is 11.8. The zero-order valence-corrected chi connectivity index (χ0v) is 22.7. The Kier molecular flexibility index (Phi) is 13.6. The van der Waals surface area contributed by atoms with Crippen LogP contribution in [0.25, 0.3) is 0 Å². The van der Waals surface area contributed by atoms with E-state index in [4.69, 9.17) is 0 Å². The van der Waals surface area contributed by atoms with E-state index in [9.17, 15) is 39.9 Å². The molecule has 1 aliphatic heterocycles. The molecule has 2 unspecified atom stereocenters. The molecular formula is C25H37N5O8S. The minimum absolute atomic E-state index is 0.0860. The van der Waals surface area contributed by atoms with E-state index < -0.39 is 30.2 Å². The van der Waals surface area contributed by atoms with Crippen LogP contribution in [-0.2, 0) is 20.8 Å². The van der Waals surface area contributed by atoms with Crippen LogP contribution >= 0.6 is 12.2 Å². The molecule has 0 bridgehead atoms. The van der Waals surface area contributed by atoms with Gasteiger partial charge in [0.05, 0.1) is 30.5 Å². The quantitative estimate of drug-likeness (QED) is 0.132. The number of aliphatic hydroxyl groups excluding tert-OH is 1. The molecule has 1 saturated heterocycles. The van der Waals surface area contributed by atoms with E-state index in [-0.39, 0.29) is 58.4 Å². The second-order valence-electron chi connectivity index (χ2n) is 9.67. The van der Waals surface area contributed by atoms with Gasteiger partial charge in [-0.3, -0.25) is 34.0 Å². The molecule has 0 aromatic heterocycles. The summed E-state index contributed by atoms with van der Waals surface area (Å²) in [7, 11) is 0. The number of carboxylic acids is 3.